The lowest BCUT2D eigenvalue weighted by Gasteiger charge is -2.28. The maximum absolute atomic E-state index is 12.3. The van der Waals surface area contributed by atoms with Gasteiger partial charge in [-0.05, 0) is 13.0 Å². The first-order valence-corrected chi connectivity index (χ1v) is 7.29. The predicted octanol–water partition coefficient (Wildman–Crippen LogP) is 2.65. The second-order valence-corrected chi connectivity index (χ2v) is 5.46. The number of aromatic nitrogens is 1. The molecule has 0 saturated carbocycles. The van der Waals surface area contributed by atoms with E-state index in [1.165, 1.54) is 0 Å². The van der Waals surface area contributed by atoms with Crippen molar-refractivity contribution >= 4 is 6.03 Å². The fourth-order valence-electron chi connectivity index (χ4n) is 2.56. The number of rotatable bonds is 3. The minimum atomic E-state index is -0.137. The normalized spacial score (nSPS) is 16.5. The van der Waals surface area contributed by atoms with Crippen molar-refractivity contribution in [2.45, 2.75) is 25.9 Å². The smallest absolute Gasteiger partial charge is 0.317 e. The zero-order valence-electron chi connectivity index (χ0n) is 12.7. The molecule has 1 aromatic heterocycles. The molecular formula is C16H19N3O3. The van der Waals surface area contributed by atoms with E-state index in [-0.39, 0.29) is 12.1 Å². The van der Waals surface area contributed by atoms with Gasteiger partial charge in [0.2, 0.25) is 0 Å². The first-order valence-electron chi connectivity index (χ1n) is 7.29. The molecule has 2 amide bonds. The van der Waals surface area contributed by atoms with Gasteiger partial charge in [-0.25, -0.2) is 4.79 Å². The fourth-order valence-corrected chi connectivity index (χ4v) is 2.56. The van der Waals surface area contributed by atoms with Crippen molar-refractivity contribution < 1.29 is 14.1 Å². The van der Waals surface area contributed by atoms with Gasteiger partial charge in [0.25, 0.3) is 0 Å². The maximum atomic E-state index is 12.3. The molecule has 1 aliphatic rings. The molecule has 0 unspecified atom stereocenters. The van der Waals surface area contributed by atoms with Crippen LogP contribution in [-0.2, 0) is 6.54 Å². The summed E-state index contributed by atoms with van der Waals surface area (Å²) in [7, 11) is 1.74. The lowest BCUT2D eigenvalue weighted by Crippen LogP contribution is -2.40. The highest BCUT2D eigenvalue weighted by molar-refractivity contribution is 5.74. The van der Waals surface area contributed by atoms with Gasteiger partial charge in [0.05, 0.1) is 19.2 Å². The summed E-state index contributed by atoms with van der Waals surface area (Å²) in [4.78, 5) is 13.9. The highest BCUT2D eigenvalue weighted by Crippen LogP contribution is 2.31. The van der Waals surface area contributed by atoms with Crippen molar-refractivity contribution in [1.29, 1.82) is 0 Å². The van der Waals surface area contributed by atoms with Gasteiger partial charge in [-0.3, -0.25) is 0 Å². The third-order valence-electron chi connectivity index (χ3n) is 3.68. The van der Waals surface area contributed by atoms with Gasteiger partial charge in [-0.15, -0.1) is 0 Å². The van der Waals surface area contributed by atoms with Crippen molar-refractivity contribution in [2.75, 3.05) is 13.7 Å². The molecule has 6 nitrogen and oxygen atoms in total. The van der Waals surface area contributed by atoms with Crippen LogP contribution < -0.4 is 10.1 Å². The van der Waals surface area contributed by atoms with E-state index in [1.54, 1.807) is 11.9 Å². The Morgan fingerprint density at radius 1 is 1.45 bits per heavy atom. The number of ether oxygens (including phenoxy) is 1. The number of hydrogen-bond donors (Lipinski definition) is 1. The molecule has 0 bridgehead atoms. The van der Waals surface area contributed by atoms with E-state index in [0.717, 1.165) is 29.2 Å². The summed E-state index contributed by atoms with van der Waals surface area (Å²) in [6.07, 6.45) is 0.764. The molecule has 2 aromatic rings. The van der Waals surface area contributed by atoms with Gasteiger partial charge in [-0.2, -0.15) is 0 Å². The summed E-state index contributed by atoms with van der Waals surface area (Å²) >= 11 is 0. The third kappa shape index (κ3) is 3.05. The van der Waals surface area contributed by atoms with E-state index in [9.17, 15) is 4.79 Å². The quantitative estimate of drug-likeness (QED) is 0.946. The van der Waals surface area contributed by atoms with E-state index in [1.807, 2.05) is 37.3 Å². The van der Waals surface area contributed by atoms with Crippen LogP contribution in [-0.4, -0.2) is 29.7 Å². The maximum Gasteiger partial charge on any atom is 0.317 e. The van der Waals surface area contributed by atoms with Crippen LogP contribution in [0.2, 0.25) is 0 Å². The molecular weight excluding hydrogens is 282 g/mol. The summed E-state index contributed by atoms with van der Waals surface area (Å²) in [5, 5.41) is 6.95. The van der Waals surface area contributed by atoms with Crippen LogP contribution in [0.15, 0.2) is 34.9 Å². The van der Waals surface area contributed by atoms with Crippen LogP contribution in [0.3, 0.4) is 0 Å². The van der Waals surface area contributed by atoms with Crippen molar-refractivity contribution in [3.63, 3.8) is 0 Å². The minimum absolute atomic E-state index is 0.0288. The molecule has 1 N–H and O–H groups in total. The number of aryl methyl sites for hydroxylation is 1. The van der Waals surface area contributed by atoms with E-state index >= 15 is 0 Å². The minimum Gasteiger partial charge on any atom is -0.493 e. The number of carbonyl (C=O) groups is 1. The SMILES string of the molecule is Cc1cc(CN(C)C(=O)N[C@@H]2CCOc3ccccc32)no1. The topological polar surface area (TPSA) is 67.6 Å². The Bertz CT molecular complexity index is 668. The number of carbonyl (C=O) groups excluding carboxylic acids is 1. The number of urea groups is 1. The number of nitrogens with zero attached hydrogens (tertiary/aromatic N) is 2. The van der Waals surface area contributed by atoms with Crippen molar-refractivity contribution in [2.24, 2.45) is 0 Å². The standard InChI is InChI=1S/C16H19N3O3/c1-11-9-12(18-22-11)10-19(2)16(20)17-14-7-8-21-15-6-4-3-5-13(14)15/h3-6,9,14H,7-8,10H2,1-2H3,(H,17,20)/t14-/m1/s1. The summed E-state index contributed by atoms with van der Waals surface area (Å²) in [6.45, 7) is 2.84. The van der Waals surface area contributed by atoms with Crippen LogP contribution in [0.25, 0.3) is 0 Å². The predicted molar refractivity (Wildman–Crippen MR) is 80.5 cm³/mol. The largest absolute Gasteiger partial charge is 0.493 e. The van der Waals surface area contributed by atoms with Gasteiger partial charge in [0, 0.05) is 25.1 Å². The number of para-hydroxylation sites is 1. The average Bonchev–Trinajstić information content (AvgIpc) is 2.92. The Morgan fingerprint density at radius 3 is 3.05 bits per heavy atom. The molecule has 0 spiro atoms. The molecule has 0 fully saturated rings. The molecule has 1 aliphatic heterocycles. The number of benzene rings is 1. The molecule has 1 aromatic carbocycles. The average molecular weight is 301 g/mol. The summed E-state index contributed by atoms with van der Waals surface area (Å²) in [6, 6.07) is 9.46. The van der Waals surface area contributed by atoms with E-state index in [0.29, 0.717) is 13.2 Å². The number of nitrogens with one attached hydrogen (secondary N) is 1. The molecule has 0 aliphatic carbocycles. The molecule has 2 heterocycles. The van der Waals surface area contributed by atoms with E-state index in [2.05, 4.69) is 10.5 Å². The Kier molecular flexibility index (Phi) is 4.00. The Morgan fingerprint density at radius 2 is 2.27 bits per heavy atom. The molecule has 22 heavy (non-hydrogen) atoms. The Balaban J connectivity index is 1.64. The highest BCUT2D eigenvalue weighted by Gasteiger charge is 2.24. The summed E-state index contributed by atoms with van der Waals surface area (Å²) in [5.74, 6) is 1.58. The van der Waals surface area contributed by atoms with Gasteiger partial charge in [0.15, 0.2) is 0 Å². The number of amides is 2. The molecule has 1 atom stereocenters. The molecule has 3 rings (SSSR count). The van der Waals surface area contributed by atoms with Crippen molar-refractivity contribution in [3.8, 4) is 5.75 Å². The monoisotopic (exact) mass is 301 g/mol. The number of fused-ring (bicyclic) bond motifs is 1. The van der Waals surface area contributed by atoms with Gasteiger partial charge >= 0.3 is 6.03 Å². The molecule has 0 radical (unpaired) electrons. The van der Waals surface area contributed by atoms with Crippen LogP contribution in [0.1, 0.15) is 29.5 Å². The fraction of sp³-hybridized carbons (Fsp3) is 0.375. The van der Waals surface area contributed by atoms with Gasteiger partial charge in [0.1, 0.15) is 17.2 Å². The van der Waals surface area contributed by atoms with Crippen LogP contribution in [0, 0.1) is 6.92 Å². The second-order valence-electron chi connectivity index (χ2n) is 5.46. The van der Waals surface area contributed by atoms with Crippen LogP contribution in [0.5, 0.6) is 5.75 Å². The first-order chi connectivity index (χ1) is 10.6. The third-order valence-corrected chi connectivity index (χ3v) is 3.68. The Labute approximate surface area is 129 Å². The van der Waals surface area contributed by atoms with Gasteiger partial charge in [-0.1, -0.05) is 23.4 Å². The summed E-state index contributed by atoms with van der Waals surface area (Å²) < 4.78 is 10.6. The lowest BCUT2D eigenvalue weighted by molar-refractivity contribution is 0.193. The highest BCUT2D eigenvalue weighted by atomic mass is 16.5. The van der Waals surface area contributed by atoms with Crippen LogP contribution in [0.4, 0.5) is 4.79 Å². The van der Waals surface area contributed by atoms with Crippen molar-refractivity contribution in [1.82, 2.24) is 15.4 Å². The molecule has 0 saturated heterocycles. The lowest BCUT2D eigenvalue weighted by atomic mass is 10.0. The van der Waals surface area contributed by atoms with Crippen LogP contribution >= 0.6 is 0 Å². The zero-order valence-corrected chi connectivity index (χ0v) is 12.7. The summed E-state index contributed by atoms with van der Waals surface area (Å²) in [5.41, 5.74) is 1.76. The molecule has 116 valence electrons. The van der Waals surface area contributed by atoms with Gasteiger partial charge < -0.3 is 19.5 Å². The second kappa shape index (κ2) is 6.09. The van der Waals surface area contributed by atoms with E-state index < -0.39 is 0 Å². The van der Waals surface area contributed by atoms with E-state index in [4.69, 9.17) is 9.26 Å². The number of hydrogen-bond acceptors (Lipinski definition) is 4. The molecule has 6 heteroatoms. The first kappa shape index (κ1) is 14.4. The Hall–Kier alpha value is -2.50. The zero-order chi connectivity index (χ0) is 15.5. The van der Waals surface area contributed by atoms with Crippen molar-refractivity contribution in [3.05, 3.63) is 47.3 Å².